The molecule has 0 bridgehead atoms. The van der Waals surface area contributed by atoms with Gasteiger partial charge in [0.15, 0.2) is 0 Å². The van der Waals surface area contributed by atoms with Crippen molar-refractivity contribution in [2.75, 3.05) is 31.3 Å². The molecule has 2 aromatic heterocycles. The number of anilines is 1. The number of benzene rings is 2. The fourth-order valence-corrected chi connectivity index (χ4v) is 6.80. The molecule has 5 rings (SSSR count). The van der Waals surface area contributed by atoms with Gasteiger partial charge in [-0.25, -0.2) is 8.42 Å². The largest absolute Gasteiger partial charge is 0.469 e. The van der Waals surface area contributed by atoms with Gasteiger partial charge >= 0.3 is 5.97 Å². The van der Waals surface area contributed by atoms with Gasteiger partial charge in [-0.15, -0.1) is 0 Å². The fourth-order valence-electron chi connectivity index (χ4n) is 5.88. The van der Waals surface area contributed by atoms with Crippen LogP contribution in [0.15, 0.2) is 65.1 Å². The molecule has 2 heterocycles. The number of esters is 1. The number of carbonyl (C=O) groups is 3. The molecule has 11 heteroatoms. The van der Waals surface area contributed by atoms with Crippen molar-refractivity contribution in [3.8, 4) is 11.3 Å². The van der Waals surface area contributed by atoms with Crippen molar-refractivity contribution >= 4 is 44.6 Å². The van der Waals surface area contributed by atoms with E-state index >= 15 is 0 Å². The number of rotatable bonds is 14. The van der Waals surface area contributed by atoms with Crippen LogP contribution in [0.2, 0.25) is 0 Å². The van der Waals surface area contributed by atoms with Crippen LogP contribution in [0.4, 0.5) is 5.82 Å². The lowest BCUT2D eigenvalue weighted by Gasteiger charge is -2.24. The molecule has 1 aliphatic carbocycles. The summed E-state index contributed by atoms with van der Waals surface area (Å²) in [6.45, 7) is 3.86. The molecule has 1 amide bonds. The molecule has 0 spiro atoms. The van der Waals surface area contributed by atoms with Crippen molar-refractivity contribution in [3.05, 3.63) is 82.9 Å². The topological polar surface area (TPSA) is 136 Å². The molecule has 248 valence electrons. The summed E-state index contributed by atoms with van der Waals surface area (Å²) in [5.41, 5.74) is 3.75. The van der Waals surface area contributed by atoms with E-state index in [-0.39, 0.29) is 42.1 Å². The fraction of sp³-hybridized carbons (Fsp3) is 0.389. The number of aromatic nitrogens is 1. The summed E-state index contributed by atoms with van der Waals surface area (Å²) in [5.74, 6) is -1.27. The Morgan fingerprint density at radius 2 is 1.77 bits per heavy atom. The van der Waals surface area contributed by atoms with Crippen molar-refractivity contribution in [1.82, 2.24) is 10.3 Å². The van der Waals surface area contributed by atoms with E-state index in [2.05, 4.69) is 5.32 Å². The Morgan fingerprint density at radius 1 is 1.09 bits per heavy atom. The molecular weight excluding hydrogens is 618 g/mol. The van der Waals surface area contributed by atoms with Gasteiger partial charge in [0.2, 0.25) is 15.7 Å². The van der Waals surface area contributed by atoms with E-state index in [0.29, 0.717) is 40.7 Å². The number of nitrogens with one attached hydrogen (secondary N) is 1. The number of hydrogen-bond donors (Lipinski definition) is 1. The van der Waals surface area contributed by atoms with Gasteiger partial charge in [0, 0.05) is 31.5 Å². The van der Waals surface area contributed by atoms with Gasteiger partial charge in [-0.3, -0.25) is 18.7 Å². The Labute approximate surface area is 275 Å². The molecule has 1 aliphatic rings. The standard InChI is InChI=1S/C36H41N3O7S/c1-22-13-15-26(16-14-22)32-31(34(41)37-3)29-20-27(25-17-18-25)33(38-35(29)46-32)39(47(5,43)44)19-9-10-23(2)30(40)21-28(36(42)45-4)24-11-7-6-8-12-24/h6-8,11-16,20,23,25,28H,9-10,17-19,21H2,1-5H3,(H,37,41)/t23-,28+/m1/s1. The Bertz CT molecular complexity index is 1880. The molecule has 2 aromatic carbocycles. The molecule has 0 radical (unpaired) electrons. The van der Waals surface area contributed by atoms with Crippen molar-refractivity contribution in [2.45, 2.75) is 57.8 Å². The van der Waals surface area contributed by atoms with Crippen LogP contribution in [0.5, 0.6) is 0 Å². The predicted molar refractivity (Wildman–Crippen MR) is 181 cm³/mol. The first kappa shape index (κ1) is 33.8. The van der Waals surface area contributed by atoms with Crippen molar-refractivity contribution in [2.24, 2.45) is 5.92 Å². The monoisotopic (exact) mass is 659 g/mol. The number of methoxy groups -OCH3 is 1. The summed E-state index contributed by atoms with van der Waals surface area (Å²) in [5, 5.41) is 3.22. The zero-order valence-corrected chi connectivity index (χ0v) is 28.2. The lowest BCUT2D eigenvalue weighted by molar-refractivity contribution is -0.144. The normalized spacial score (nSPS) is 14.4. The van der Waals surface area contributed by atoms with Gasteiger partial charge in [0.05, 0.1) is 30.2 Å². The highest BCUT2D eigenvalue weighted by Gasteiger charge is 2.34. The summed E-state index contributed by atoms with van der Waals surface area (Å²) >= 11 is 0. The van der Waals surface area contributed by atoms with E-state index in [1.165, 1.54) is 11.4 Å². The molecule has 0 unspecified atom stereocenters. The minimum Gasteiger partial charge on any atom is -0.469 e. The Morgan fingerprint density at radius 3 is 2.36 bits per heavy atom. The molecule has 4 aromatic rings. The van der Waals surface area contributed by atoms with E-state index in [4.69, 9.17) is 14.1 Å². The third-order valence-corrected chi connectivity index (χ3v) is 9.91. The quantitative estimate of drug-likeness (QED) is 0.160. The molecule has 47 heavy (non-hydrogen) atoms. The molecule has 0 aliphatic heterocycles. The van der Waals surface area contributed by atoms with Crippen LogP contribution >= 0.6 is 0 Å². The average molecular weight is 660 g/mol. The van der Waals surface area contributed by atoms with Crippen LogP contribution in [0, 0.1) is 12.8 Å². The molecule has 1 N–H and O–H groups in total. The number of furan rings is 1. The van der Waals surface area contributed by atoms with Gasteiger partial charge in [0.25, 0.3) is 5.91 Å². The van der Waals surface area contributed by atoms with Crippen LogP contribution in [-0.4, -0.2) is 58.0 Å². The Balaban J connectivity index is 1.42. The average Bonchev–Trinajstić information content (AvgIpc) is 3.84. The van der Waals surface area contributed by atoms with Gasteiger partial charge in [-0.2, -0.15) is 4.98 Å². The number of fused-ring (bicyclic) bond motifs is 1. The van der Waals surface area contributed by atoms with E-state index in [0.717, 1.165) is 30.2 Å². The number of ether oxygens (including phenoxy) is 1. The first-order chi connectivity index (χ1) is 22.4. The Kier molecular flexibility index (Phi) is 10.1. The van der Waals surface area contributed by atoms with E-state index < -0.39 is 27.8 Å². The highest BCUT2D eigenvalue weighted by molar-refractivity contribution is 7.92. The molecule has 1 fully saturated rings. The highest BCUT2D eigenvalue weighted by atomic mass is 32.2. The van der Waals surface area contributed by atoms with Crippen LogP contribution in [-0.2, 0) is 24.3 Å². The van der Waals surface area contributed by atoms with Gasteiger partial charge < -0.3 is 14.5 Å². The zero-order chi connectivity index (χ0) is 33.9. The smallest absolute Gasteiger partial charge is 0.313 e. The number of Topliss-reactive ketones (excluding diaryl/α,β-unsaturated/α-hetero) is 1. The number of hydrogen-bond acceptors (Lipinski definition) is 8. The van der Waals surface area contributed by atoms with Crippen LogP contribution < -0.4 is 9.62 Å². The molecule has 10 nitrogen and oxygen atoms in total. The maximum atomic E-state index is 13.2. The van der Waals surface area contributed by atoms with Crippen LogP contribution in [0.25, 0.3) is 22.4 Å². The van der Waals surface area contributed by atoms with E-state index in [1.807, 2.05) is 55.5 Å². The van der Waals surface area contributed by atoms with Crippen molar-refractivity contribution in [3.63, 3.8) is 0 Å². The first-order valence-electron chi connectivity index (χ1n) is 15.8. The maximum Gasteiger partial charge on any atom is 0.313 e. The van der Waals surface area contributed by atoms with Crippen LogP contribution in [0.1, 0.15) is 77.9 Å². The molecular formula is C36H41N3O7S. The number of pyridine rings is 1. The van der Waals surface area contributed by atoms with Crippen LogP contribution in [0.3, 0.4) is 0 Å². The number of ketones is 1. The second kappa shape index (κ2) is 14.1. The zero-order valence-electron chi connectivity index (χ0n) is 27.4. The van der Waals surface area contributed by atoms with E-state index in [1.54, 1.807) is 26.1 Å². The Hall–Kier alpha value is -4.51. The second-order valence-electron chi connectivity index (χ2n) is 12.3. The third kappa shape index (κ3) is 7.56. The van der Waals surface area contributed by atoms with Crippen molar-refractivity contribution in [1.29, 1.82) is 0 Å². The second-order valence-corrected chi connectivity index (χ2v) is 14.2. The summed E-state index contributed by atoms with van der Waals surface area (Å²) in [7, 11) is -0.922. The minimum absolute atomic E-state index is 0.00677. The van der Waals surface area contributed by atoms with Gasteiger partial charge in [-0.05, 0) is 55.7 Å². The maximum absolute atomic E-state index is 13.2. The summed E-state index contributed by atoms with van der Waals surface area (Å²) in [6, 6.07) is 18.5. The van der Waals surface area contributed by atoms with Gasteiger partial charge in [-0.1, -0.05) is 67.1 Å². The predicted octanol–water partition coefficient (Wildman–Crippen LogP) is 6.14. The number of amides is 1. The van der Waals surface area contributed by atoms with Crippen molar-refractivity contribution < 1.29 is 32.0 Å². The third-order valence-electron chi connectivity index (χ3n) is 8.75. The minimum atomic E-state index is -3.78. The number of nitrogens with zero attached hydrogens (tertiary/aromatic N) is 2. The number of sulfonamides is 1. The number of aryl methyl sites for hydroxylation is 1. The lowest BCUT2D eigenvalue weighted by atomic mass is 9.88. The molecule has 0 saturated heterocycles. The highest BCUT2D eigenvalue weighted by Crippen LogP contribution is 2.47. The number of carbonyl (C=O) groups excluding carboxylic acids is 3. The summed E-state index contributed by atoms with van der Waals surface area (Å²) in [6.07, 6.45) is 3.68. The molecule has 1 saturated carbocycles. The summed E-state index contributed by atoms with van der Waals surface area (Å²) in [4.78, 5) is 43.6. The first-order valence-corrected chi connectivity index (χ1v) is 17.7. The SMILES string of the molecule is CNC(=O)c1c(-c2ccc(C)cc2)oc2nc(N(CCC[C@@H](C)C(=O)C[C@H](C(=O)OC)c3ccccc3)S(C)(=O)=O)c(C3CC3)cc12. The van der Waals surface area contributed by atoms with E-state index in [9.17, 15) is 22.8 Å². The van der Waals surface area contributed by atoms with Gasteiger partial charge in [0.1, 0.15) is 17.4 Å². The molecule has 2 atom stereocenters. The lowest BCUT2D eigenvalue weighted by Crippen LogP contribution is -2.33. The summed E-state index contributed by atoms with van der Waals surface area (Å²) < 4.78 is 38.9.